The summed E-state index contributed by atoms with van der Waals surface area (Å²) in [6.45, 7) is 21.7. The van der Waals surface area contributed by atoms with Gasteiger partial charge in [-0.15, -0.1) is 0 Å². The standard InChI is InChI=1S/C40H66N2O5Si/c1-10-29-33-24-28(47-48(8,9)38(3,4)5)20-22-40(33,7)32-21-23-39(6)30(17-18-31(39)35(32)36(29)44)26(2)16-19-34(43)41-42-37(45)46-25-27-14-12-11-13-15-27/h11-15,26,28-33,35-36,44H,10,16-25H2,1-9H3,(H,41,43)(H,42,45)/t26-,28?,29-,30-,31+,32+,33+,35+,36-,39-,40-/m1/s1. The van der Waals surface area contributed by atoms with Gasteiger partial charge in [-0.25, -0.2) is 10.2 Å². The van der Waals surface area contributed by atoms with Gasteiger partial charge in [-0.2, -0.15) is 0 Å². The van der Waals surface area contributed by atoms with Crippen LogP contribution in [0.15, 0.2) is 30.3 Å². The van der Waals surface area contributed by atoms with Crippen molar-refractivity contribution in [1.82, 2.24) is 10.9 Å². The summed E-state index contributed by atoms with van der Waals surface area (Å²) < 4.78 is 12.2. The Bertz CT molecular complexity index is 1270. The van der Waals surface area contributed by atoms with Gasteiger partial charge < -0.3 is 14.3 Å². The van der Waals surface area contributed by atoms with E-state index in [0.29, 0.717) is 54.0 Å². The van der Waals surface area contributed by atoms with Crippen LogP contribution in [-0.4, -0.2) is 37.6 Å². The number of nitrogens with one attached hydrogen (secondary N) is 2. The number of carbonyl (C=O) groups is 2. The predicted molar refractivity (Wildman–Crippen MR) is 194 cm³/mol. The number of amides is 2. The lowest BCUT2D eigenvalue weighted by Gasteiger charge is -2.65. The minimum atomic E-state index is -1.85. The zero-order valence-corrected chi connectivity index (χ0v) is 32.4. The number of hydrazine groups is 1. The molecule has 2 amide bonds. The fourth-order valence-electron chi connectivity index (χ4n) is 11.1. The molecule has 48 heavy (non-hydrogen) atoms. The molecule has 1 aromatic carbocycles. The molecule has 11 atom stereocenters. The number of aliphatic hydroxyl groups is 1. The van der Waals surface area contributed by atoms with E-state index in [1.807, 2.05) is 30.3 Å². The number of benzene rings is 1. The van der Waals surface area contributed by atoms with Crippen LogP contribution in [0.25, 0.3) is 0 Å². The van der Waals surface area contributed by atoms with E-state index in [0.717, 1.165) is 31.2 Å². The summed E-state index contributed by atoms with van der Waals surface area (Å²) in [6.07, 6.45) is 9.82. The first-order chi connectivity index (χ1) is 22.5. The van der Waals surface area contributed by atoms with Crippen molar-refractivity contribution in [1.29, 1.82) is 0 Å². The molecule has 1 aromatic rings. The fraction of sp³-hybridized carbons (Fsp3) is 0.800. The molecule has 8 heteroatoms. The van der Waals surface area contributed by atoms with Gasteiger partial charge in [0.2, 0.25) is 5.91 Å². The van der Waals surface area contributed by atoms with Crippen LogP contribution in [0.1, 0.15) is 118 Å². The van der Waals surface area contributed by atoms with Crippen LogP contribution in [0.3, 0.4) is 0 Å². The van der Waals surface area contributed by atoms with Crippen molar-refractivity contribution in [3.05, 3.63) is 35.9 Å². The van der Waals surface area contributed by atoms with Crippen LogP contribution in [0, 0.1) is 52.3 Å². The lowest BCUT2D eigenvalue weighted by Crippen LogP contribution is -2.62. The van der Waals surface area contributed by atoms with Gasteiger partial charge in [-0.1, -0.05) is 85.2 Å². The first kappa shape index (κ1) is 37.4. The normalized spacial score (nSPS) is 37.0. The molecule has 0 bridgehead atoms. The number of carbonyl (C=O) groups excluding carboxylic acids is 2. The van der Waals surface area contributed by atoms with E-state index in [2.05, 4.69) is 72.4 Å². The largest absolute Gasteiger partial charge is 0.443 e. The number of fused-ring (bicyclic) bond motifs is 5. The molecule has 5 rings (SSSR count). The summed E-state index contributed by atoms with van der Waals surface area (Å²) in [5.41, 5.74) is 6.27. The van der Waals surface area contributed by atoms with E-state index >= 15 is 0 Å². The maximum Gasteiger partial charge on any atom is 0.426 e. The number of hydrogen-bond donors (Lipinski definition) is 3. The Kier molecular flexibility index (Phi) is 11.2. The molecular weight excluding hydrogens is 617 g/mol. The lowest BCUT2D eigenvalue weighted by atomic mass is 9.41. The van der Waals surface area contributed by atoms with Crippen molar-refractivity contribution < 1.29 is 23.9 Å². The van der Waals surface area contributed by atoms with Gasteiger partial charge in [0.15, 0.2) is 8.32 Å². The van der Waals surface area contributed by atoms with Crippen LogP contribution in [0.2, 0.25) is 18.1 Å². The quantitative estimate of drug-likeness (QED) is 0.178. The van der Waals surface area contributed by atoms with E-state index in [9.17, 15) is 14.7 Å². The van der Waals surface area contributed by atoms with Gasteiger partial charge >= 0.3 is 6.09 Å². The van der Waals surface area contributed by atoms with Crippen molar-refractivity contribution in [2.24, 2.45) is 52.3 Å². The molecule has 0 aliphatic heterocycles. The van der Waals surface area contributed by atoms with Gasteiger partial charge in [0.1, 0.15) is 6.61 Å². The highest BCUT2D eigenvalue weighted by atomic mass is 28.4. The highest BCUT2D eigenvalue weighted by Gasteiger charge is 2.65. The maximum atomic E-state index is 12.7. The zero-order valence-electron chi connectivity index (χ0n) is 31.4. The monoisotopic (exact) mass is 682 g/mol. The van der Waals surface area contributed by atoms with Gasteiger partial charge in [-0.3, -0.25) is 10.2 Å². The molecule has 4 aliphatic rings. The molecule has 270 valence electrons. The molecule has 0 spiro atoms. The van der Waals surface area contributed by atoms with Crippen molar-refractivity contribution in [2.45, 2.75) is 150 Å². The SMILES string of the molecule is CC[C@H]1[C@@H](O)[C@@H]2[C@H](CC[C@]3(C)[C@@H]([C@H](C)CCC(=O)NNC(=O)OCc4ccccc4)CC[C@@H]23)[C@@]2(C)CCC(O[Si](C)(C)C(C)(C)C)C[C@@H]12. The van der Waals surface area contributed by atoms with Crippen molar-refractivity contribution in [2.75, 3.05) is 0 Å². The molecule has 1 unspecified atom stereocenters. The highest BCUT2D eigenvalue weighted by molar-refractivity contribution is 6.74. The van der Waals surface area contributed by atoms with E-state index in [4.69, 9.17) is 9.16 Å². The molecule has 4 saturated carbocycles. The second-order valence-corrected chi connectivity index (χ2v) is 23.0. The van der Waals surface area contributed by atoms with Crippen molar-refractivity contribution >= 4 is 20.3 Å². The number of ether oxygens (including phenoxy) is 1. The molecule has 0 heterocycles. The van der Waals surface area contributed by atoms with Crippen LogP contribution in [-0.2, 0) is 20.6 Å². The smallest absolute Gasteiger partial charge is 0.426 e. The van der Waals surface area contributed by atoms with E-state index < -0.39 is 14.4 Å². The summed E-state index contributed by atoms with van der Waals surface area (Å²) >= 11 is 0. The Morgan fingerprint density at radius 1 is 0.979 bits per heavy atom. The van der Waals surface area contributed by atoms with Crippen molar-refractivity contribution in [3.8, 4) is 0 Å². The molecule has 0 aromatic heterocycles. The van der Waals surface area contributed by atoms with Gasteiger partial charge in [-0.05, 0) is 127 Å². The average molecular weight is 683 g/mol. The topological polar surface area (TPSA) is 96.9 Å². The van der Waals surface area contributed by atoms with Crippen LogP contribution < -0.4 is 10.9 Å². The average Bonchev–Trinajstić information content (AvgIpc) is 3.39. The summed E-state index contributed by atoms with van der Waals surface area (Å²) in [5, 5.41) is 12.5. The fourth-order valence-corrected chi connectivity index (χ4v) is 12.5. The van der Waals surface area contributed by atoms with Gasteiger partial charge in [0.05, 0.1) is 6.10 Å². The minimum absolute atomic E-state index is 0.155. The first-order valence-electron chi connectivity index (χ1n) is 19.1. The summed E-state index contributed by atoms with van der Waals surface area (Å²) in [6, 6.07) is 9.48. The predicted octanol–water partition coefficient (Wildman–Crippen LogP) is 9.02. The Labute approximate surface area is 292 Å². The minimum Gasteiger partial charge on any atom is -0.443 e. The molecule has 4 fully saturated rings. The Hall–Kier alpha value is -1.90. The first-order valence-corrected chi connectivity index (χ1v) is 22.0. The summed E-state index contributed by atoms with van der Waals surface area (Å²) in [5.74, 6) is 3.04. The van der Waals surface area contributed by atoms with Crippen molar-refractivity contribution in [3.63, 3.8) is 0 Å². The number of hydrogen-bond acceptors (Lipinski definition) is 5. The second kappa shape index (κ2) is 14.4. The maximum absolute atomic E-state index is 12.7. The van der Waals surface area contributed by atoms with E-state index in [1.165, 1.54) is 32.1 Å². The number of rotatable bonds is 9. The number of aliphatic hydroxyl groups excluding tert-OH is 1. The summed E-state index contributed by atoms with van der Waals surface area (Å²) in [4.78, 5) is 24.8. The van der Waals surface area contributed by atoms with Gasteiger partial charge in [0.25, 0.3) is 0 Å². The summed E-state index contributed by atoms with van der Waals surface area (Å²) in [7, 11) is -1.85. The van der Waals surface area contributed by atoms with Crippen LogP contribution in [0.5, 0.6) is 0 Å². The van der Waals surface area contributed by atoms with Crippen LogP contribution >= 0.6 is 0 Å². The molecule has 4 aliphatic carbocycles. The third-order valence-corrected chi connectivity index (χ3v) is 19.3. The third-order valence-electron chi connectivity index (χ3n) is 14.7. The molecule has 0 radical (unpaired) electrons. The Morgan fingerprint density at radius 3 is 2.31 bits per heavy atom. The zero-order chi connectivity index (χ0) is 35.1. The Balaban J connectivity index is 1.18. The molecular formula is C40H66N2O5Si. The van der Waals surface area contributed by atoms with Crippen LogP contribution in [0.4, 0.5) is 4.79 Å². The molecule has 7 nitrogen and oxygen atoms in total. The molecule has 3 N–H and O–H groups in total. The highest BCUT2D eigenvalue weighted by Crippen LogP contribution is 2.69. The Morgan fingerprint density at radius 2 is 1.65 bits per heavy atom. The van der Waals surface area contributed by atoms with E-state index in [-0.39, 0.29) is 34.5 Å². The third kappa shape index (κ3) is 7.28. The van der Waals surface area contributed by atoms with E-state index in [1.54, 1.807) is 0 Å². The molecule has 0 saturated heterocycles. The van der Waals surface area contributed by atoms with Gasteiger partial charge in [0, 0.05) is 12.5 Å². The second-order valence-electron chi connectivity index (χ2n) is 18.2. The lowest BCUT2D eigenvalue weighted by molar-refractivity contribution is -0.202.